The Labute approximate surface area is 181 Å². The summed E-state index contributed by atoms with van der Waals surface area (Å²) >= 11 is 0. The highest BCUT2D eigenvalue weighted by atomic mass is 32.2. The van der Waals surface area contributed by atoms with Gasteiger partial charge < -0.3 is 0 Å². The highest BCUT2D eigenvalue weighted by molar-refractivity contribution is 7.92. The minimum atomic E-state index is -2.81. The average Bonchev–Trinajstić information content (AvgIpc) is 3.30. The van der Waals surface area contributed by atoms with Crippen LogP contribution in [0.25, 0.3) is 0 Å². The number of hydrogen-bond donors (Lipinski definition) is 1. The molecule has 4 aliphatic rings. The molecular formula is C24H36N4OS. The first-order valence-electron chi connectivity index (χ1n) is 12.0. The van der Waals surface area contributed by atoms with E-state index < -0.39 is 9.73 Å². The summed E-state index contributed by atoms with van der Waals surface area (Å²) in [5.41, 5.74) is 0.500. The zero-order valence-corrected chi connectivity index (χ0v) is 19.2. The van der Waals surface area contributed by atoms with Crippen molar-refractivity contribution in [1.29, 1.82) is 10.0 Å². The van der Waals surface area contributed by atoms with Gasteiger partial charge in [0.15, 0.2) is 0 Å². The molecule has 0 bridgehead atoms. The number of aromatic nitrogens is 2. The van der Waals surface area contributed by atoms with Crippen LogP contribution in [0.5, 0.6) is 0 Å². The Bertz CT molecular complexity index is 947. The maximum Gasteiger partial charge on any atom is 0.124 e. The van der Waals surface area contributed by atoms with Gasteiger partial charge in [0.05, 0.1) is 26.7 Å². The fourth-order valence-electron chi connectivity index (χ4n) is 8.44. The Balaban J connectivity index is 1.35. The van der Waals surface area contributed by atoms with Crippen molar-refractivity contribution in [3.63, 3.8) is 0 Å². The summed E-state index contributed by atoms with van der Waals surface area (Å²) in [6.07, 6.45) is 14.6. The molecule has 1 unspecified atom stereocenters. The first kappa shape index (κ1) is 20.5. The molecule has 0 radical (unpaired) electrons. The number of nitrogens with one attached hydrogen (secondary N) is 1. The molecule has 0 spiro atoms. The SMILES string of the molecule is C[C@H]1CC[C@H]2[C@H](CC[C@@H]3[C@@H]2CC[C@@]2(C)[C@H]3CC[C@@H]2S(=N)(=O)Cn2cc(C#N)cn2)C1. The summed E-state index contributed by atoms with van der Waals surface area (Å²) in [5.74, 6) is 5.21. The Morgan fingerprint density at radius 2 is 2.00 bits per heavy atom. The van der Waals surface area contributed by atoms with E-state index in [4.69, 9.17) is 10.0 Å². The van der Waals surface area contributed by atoms with Crippen molar-refractivity contribution in [3.05, 3.63) is 18.0 Å². The Hall–Kier alpha value is -1.35. The van der Waals surface area contributed by atoms with Crippen LogP contribution in [-0.2, 0) is 15.6 Å². The Morgan fingerprint density at radius 3 is 2.77 bits per heavy atom. The number of nitrogens with zero attached hydrogens (tertiary/aromatic N) is 3. The number of hydrogen-bond acceptors (Lipinski definition) is 4. The van der Waals surface area contributed by atoms with E-state index >= 15 is 0 Å². The number of nitriles is 1. The van der Waals surface area contributed by atoms with Gasteiger partial charge >= 0.3 is 0 Å². The molecule has 0 amide bonds. The fraction of sp³-hybridized carbons (Fsp3) is 0.833. The van der Waals surface area contributed by atoms with Gasteiger partial charge in [0, 0.05) is 6.20 Å². The van der Waals surface area contributed by atoms with Gasteiger partial charge in [-0.2, -0.15) is 10.4 Å². The Kier molecular flexibility index (Phi) is 5.04. The van der Waals surface area contributed by atoms with E-state index in [1.165, 1.54) is 44.7 Å². The van der Waals surface area contributed by atoms with Crippen LogP contribution < -0.4 is 0 Å². The van der Waals surface area contributed by atoms with Gasteiger partial charge in [-0.3, -0.25) is 9.46 Å². The number of fused-ring (bicyclic) bond motifs is 5. The van der Waals surface area contributed by atoms with E-state index in [1.807, 2.05) is 0 Å². The maximum absolute atomic E-state index is 13.7. The molecule has 4 aliphatic carbocycles. The van der Waals surface area contributed by atoms with E-state index in [2.05, 4.69) is 25.0 Å². The van der Waals surface area contributed by atoms with Crippen molar-refractivity contribution in [2.45, 2.75) is 82.8 Å². The van der Waals surface area contributed by atoms with Gasteiger partial charge in [-0.15, -0.1) is 0 Å². The summed E-state index contributed by atoms with van der Waals surface area (Å²) < 4.78 is 24.1. The van der Waals surface area contributed by atoms with Gasteiger partial charge in [-0.05, 0) is 92.3 Å². The molecule has 0 aromatic carbocycles. The normalized spacial score (nSPS) is 44.9. The van der Waals surface area contributed by atoms with Crippen molar-refractivity contribution in [1.82, 2.24) is 9.78 Å². The summed E-state index contributed by atoms with van der Waals surface area (Å²) in [6.45, 7) is 4.80. The van der Waals surface area contributed by atoms with Gasteiger partial charge in [0.2, 0.25) is 0 Å². The van der Waals surface area contributed by atoms with Crippen LogP contribution in [0.1, 0.15) is 77.2 Å². The second-order valence-corrected chi connectivity index (χ2v) is 13.5. The van der Waals surface area contributed by atoms with E-state index in [-0.39, 0.29) is 16.5 Å². The van der Waals surface area contributed by atoms with Crippen LogP contribution >= 0.6 is 0 Å². The third-order valence-corrected chi connectivity index (χ3v) is 12.0. The largest absolute Gasteiger partial charge is 0.258 e. The smallest absolute Gasteiger partial charge is 0.124 e. The van der Waals surface area contributed by atoms with Crippen molar-refractivity contribution >= 4 is 9.73 Å². The van der Waals surface area contributed by atoms with Crippen LogP contribution in [-0.4, -0.2) is 19.2 Å². The quantitative estimate of drug-likeness (QED) is 0.698. The van der Waals surface area contributed by atoms with Crippen molar-refractivity contribution in [2.75, 3.05) is 0 Å². The lowest BCUT2D eigenvalue weighted by Gasteiger charge is -2.56. The third-order valence-electron chi connectivity index (χ3n) is 9.68. The van der Waals surface area contributed by atoms with Gasteiger partial charge in [0.25, 0.3) is 0 Å². The Morgan fingerprint density at radius 1 is 1.20 bits per heavy atom. The van der Waals surface area contributed by atoms with E-state index in [9.17, 15) is 4.21 Å². The van der Waals surface area contributed by atoms with Crippen LogP contribution in [0, 0.1) is 57.0 Å². The van der Waals surface area contributed by atoms with Gasteiger partial charge in [-0.25, -0.2) is 4.21 Å². The second kappa shape index (κ2) is 7.36. The van der Waals surface area contributed by atoms with Crippen molar-refractivity contribution in [2.24, 2.45) is 40.9 Å². The topological polar surface area (TPSA) is 82.5 Å². The van der Waals surface area contributed by atoms with Crippen LogP contribution in [0.3, 0.4) is 0 Å². The minimum absolute atomic E-state index is 0.0278. The third kappa shape index (κ3) is 3.23. The van der Waals surface area contributed by atoms with Crippen LogP contribution in [0.15, 0.2) is 12.4 Å². The summed E-state index contributed by atoms with van der Waals surface area (Å²) in [4.78, 5) is 0. The fourth-order valence-corrected chi connectivity index (χ4v) is 10.8. The molecule has 164 valence electrons. The molecule has 4 fully saturated rings. The average molecular weight is 429 g/mol. The van der Waals surface area contributed by atoms with Crippen LogP contribution in [0.2, 0.25) is 0 Å². The lowest BCUT2D eigenvalue weighted by molar-refractivity contribution is -0.0543. The molecule has 1 heterocycles. The van der Waals surface area contributed by atoms with E-state index in [0.717, 1.165) is 48.9 Å². The molecule has 9 atom stereocenters. The summed E-state index contributed by atoms with van der Waals surface area (Å²) in [6, 6.07) is 2.07. The maximum atomic E-state index is 13.7. The molecule has 5 nitrogen and oxygen atoms in total. The molecule has 30 heavy (non-hydrogen) atoms. The predicted octanol–water partition coefficient (Wildman–Crippen LogP) is 5.42. The van der Waals surface area contributed by atoms with Crippen LogP contribution in [0.4, 0.5) is 0 Å². The highest BCUT2D eigenvalue weighted by Crippen LogP contribution is 2.64. The molecule has 1 N–H and O–H groups in total. The molecule has 1 aromatic rings. The van der Waals surface area contributed by atoms with Gasteiger partial charge in [0.1, 0.15) is 11.9 Å². The van der Waals surface area contributed by atoms with Gasteiger partial charge in [-0.1, -0.05) is 20.3 Å². The zero-order valence-electron chi connectivity index (χ0n) is 18.4. The van der Waals surface area contributed by atoms with E-state index in [0.29, 0.717) is 11.5 Å². The molecule has 4 saturated carbocycles. The first-order chi connectivity index (χ1) is 14.3. The summed E-state index contributed by atoms with van der Waals surface area (Å²) in [7, 11) is -2.81. The lowest BCUT2D eigenvalue weighted by Crippen LogP contribution is -2.50. The number of rotatable bonds is 3. The monoisotopic (exact) mass is 428 g/mol. The van der Waals surface area contributed by atoms with E-state index in [1.54, 1.807) is 10.9 Å². The first-order valence-corrected chi connectivity index (χ1v) is 13.8. The lowest BCUT2D eigenvalue weighted by atomic mass is 9.50. The molecule has 5 rings (SSSR count). The van der Waals surface area contributed by atoms with Crippen molar-refractivity contribution in [3.8, 4) is 6.07 Å². The molecular weight excluding hydrogens is 392 g/mol. The highest BCUT2D eigenvalue weighted by Gasteiger charge is 2.58. The molecule has 0 saturated heterocycles. The summed E-state index contributed by atoms with van der Waals surface area (Å²) in [5, 5.41) is 13.2. The second-order valence-electron chi connectivity index (χ2n) is 11.2. The molecule has 6 heteroatoms. The standard InChI is InChI=1S/C24H36N4OS/c1-16-3-5-19-18(11-16)4-6-21-20(19)9-10-24(2)22(21)7-8-23(24)30(26,29)15-28-14-17(12-25)13-27-28/h13-14,16,18-23,26H,3-11,15H2,1-2H3/t16-,18+,19-,20+,21+,22-,23-,24-,30?/m0/s1. The minimum Gasteiger partial charge on any atom is -0.258 e. The van der Waals surface area contributed by atoms with Crippen molar-refractivity contribution < 1.29 is 4.21 Å². The predicted molar refractivity (Wildman–Crippen MR) is 118 cm³/mol. The zero-order chi connectivity index (χ0) is 21.1. The molecule has 0 aliphatic heterocycles. The molecule has 1 aromatic heterocycles.